The van der Waals surface area contributed by atoms with Gasteiger partial charge in [0, 0.05) is 32.1 Å². The van der Waals surface area contributed by atoms with Crippen molar-refractivity contribution < 1.29 is 9.53 Å². The lowest BCUT2D eigenvalue weighted by molar-refractivity contribution is -0.135. The van der Waals surface area contributed by atoms with Crippen molar-refractivity contribution in [3.8, 4) is 0 Å². The fourth-order valence-corrected chi connectivity index (χ4v) is 1.84. The molecule has 0 radical (unpaired) electrons. The van der Waals surface area contributed by atoms with Crippen LogP contribution in [0.1, 0.15) is 12.8 Å². The Morgan fingerprint density at radius 1 is 1.36 bits per heavy atom. The summed E-state index contributed by atoms with van der Waals surface area (Å²) in [7, 11) is 0. The van der Waals surface area contributed by atoms with Gasteiger partial charge in [0.05, 0.1) is 6.61 Å². The molecule has 4 heteroatoms. The molecule has 4 nitrogen and oxygen atoms in total. The molecule has 0 unspecified atom stereocenters. The van der Waals surface area contributed by atoms with E-state index in [-0.39, 0.29) is 12.5 Å². The molecule has 0 aromatic carbocycles. The second kappa shape index (κ2) is 4.75. The summed E-state index contributed by atoms with van der Waals surface area (Å²) < 4.78 is 5.38. The third kappa shape index (κ3) is 2.45. The van der Waals surface area contributed by atoms with Crippen LogP contribution < -0.4 is 5.32 Å². The molecule has 0 saturated carbocycles. The third-order valence-electron chi connectivity index (χ3n) is 2.90. The number of amides is 1. The highest BCUT2D eigenvalue weighted by Gasteiger charge is 2.20. The Labute approximate surface area is 84.6 Å². The van der Waals surface area contributed by atoms with Crippen LogP contribution in [-0.4, -0.2) is 50.2 Å². The molecular formula is C10H18N2O2. The van der Waals surface area contributed by atoms with Crippen molar-refractivity contribution in [3.05, 3.63) is 0 Å². The average Bonchev–Trinajstić information content (AvgIpc) is 2.61. The summed E-state index contributed by atoms with van der Waals surface area (Å²) in [6.45, 7) is 4.93. The molecule has 1 N–H and O–H groups in total. The Hall–Kier alpha value is -0.610. The van der Waals surface area contributed by atoms with Crippen molar-refractivity contribution >= 4 is 5.91 Å². The molecule has 0 spiro atoms. The SMILES string of the molecule is O=C(COCC1CNC1)N1CCCC1. The number of ether oxygens (including phenoxy) is 1. The zero-order valence-electron chi connectivity index (χ0n) is 8.50. The quantitative estimate of drug-likeness (QED) is 0.683. The Kier molecular flexibility index (Phi) is 3.37. The Bertz CT molecular complexity index is 198. The summed E-state index contributed by atoms with van der Waals surface area (Å²) in [6.07, 6.45) is 2.30. The second-order valence-electron chi connectivity index (χ2n) is 4.13. The molecule has 0 aromatic rings. The largest absolute Gasteiger partial charge is 0.371 e. The van der Waals surface area contributed by atoms with Crippen LogP contribution in [0.3, 0.4) is 0 Å². The number of hydrogen-bond donors (Lipinski definition) is 1. The number of likely N-dealkylation sites (tertiary alicyclic amines) is 1. The van der Waals surface area contributed by atoms with E-state index in [0.29, 0.717) is 5.92 Å². The van der Waals surface area contributed by atoms with E-state index in [2.05, 4.69) is 5.32 Å². The molecule has 2 heterocycles. The van der Waals surface area contributed by atoms with Crippen molar-refractivity contribution in [2.45, 2.75) is 12.8 Å². The van der Waals surface area contributed by atoms with Crippen molar-refractivity contribution in [1.82, 2.24) is 10.2 Å². The lowest BCUT2D eigenvalue weighted by atomic mass is 10.1. The van der Waals surface area contributed by atoms with Crippen LogP contribution in [0.5, 0.6) is 0 Å². The van der Waals surface area contributed by atoms with E-state index < -0.39 is 0 Å². The first-order valence-corrected chi connectivity index (χ1v) is 5.42. The summed E-state index contributed by atoms with van der Waals surface area (Å²) in [5, 5.41) is 3.18. The number of carbonyl (C=O) groups excluding carboxylic acids is 1. The molecule has 0 atom stereocenters. The highest BCUT2D eigenvalue weighted by atomic mass is 16.5. The van der Waals surface area contributed by atoms with Gasteiger partial charge in [0.1, 0.15) is 6.61 Å². The number of nitrogens with one attached hydrogen (secondary N) is 1. The van der Waals surface area contributed by atoms with E-state index in [4.69, 9.17) is 4.74 Å². The van der Waals surface area contributed by atoms with Gasteiger partial charge in [0.15, 0.2) is 0 Å². The fourth-order valence-electron chi connectivity index (χ4n) is 1.84. The van der Waals surface area contributed by atoms with E-state index in [0.717, 1.165) is 45.6 Å². The van der Waals surface area contributed by atoms with Crippen molar-refractivity contribution in [2.24, 2.45) is 5.92 Å². The maximum absolute atomic E-state index is 11.5. The maximum atomic E-state index is 11.5. The van der Waals surface area contributed by atoms with E-state index >= 15 is 0 Å². The van der Waals surface area contributed by atoms with E-state index in [9.17, 15) is 4.79 Å². The third-order valence-corrected chi connectivity index (χ3v) is 2.90. The van der Waals surface area contributed by atoms with Crippen LogP contribution >= 0.6 is 0 Å². The van der Waals surface area contributed by atoms with Crippen LogP contribution in [0.25, 0.3) is 0 Å². The van der Waals surface area contributed by atoms with Crippen LogP contribution in [0.4, 0.5) is 0 Å². The van der Waals surface area contributed by atoms with Gasteiger partial charge in [-0.05, 0) is 12.8 Å². The van der Waals surface area contributed by atoms with Gasteiger partial charge < -0.3 is 15.0 Å². The predicted molar refractivity (Wildman–Crippen MR) is 53.0 cm³/mol. The van der Waals surface area contributed by atoms with Crippen LogP contribution in [0.2, 0.25) is 0 Å². The molecule has 14 heavy (non-hydrogen) atoms. The molecule has 0 bridgehead atoms. The van der Waals surface area contributed by atoms with Crippen molar-refractivity contribution in [1.29, 1.82) is 0 Å². The Balaban J connectivity index is 1.57. The molecule has 2 saturated heterocycles. The zero-order valence-corrected chi connectivity index (χ0v) is 8.50. The van der Waals surface area contributed by atoms with Gasteiger partial charge in [-0.25, -0.2) is 0 Å². The highest BCUT2D eigenvalue weighted by Crippen LogP contribution is 2.08. The number of carbonyl (C=O) groups is 1. The monoisotopic (exact) mass is 198 g/mol. The minimum Gasteiger partial charge on any atom is -0.371 e. The minimum absolute atomic E-state index is 0.162. The normalized spacial score (nSPS) is 22.4. The van der Waals surface area contributed by atoms with Gasteiger partial charge >= 0.3 is 0 Å². The summed E-state index contributed by atoms with van der Waals surface area (Å²) >= 11 is 0. The van der Waals surface area contributed by atoms with Crippen LogP contribution in [-0.2, 0) is 9.53 Å². The Morgan fingerprint density at radius 2 is 2.07 bits per heavy atom. The first kappa shape index (κ1) is 9.93. The lowest BCUT2D eigenvalue weighted by Gasteiger charge is -2.26. The Morgan fingerprint density at radius 3 is 2.64 bits per heavy atom. The molecule has 0 aliphatic carbocycles. The minimum atomic E-state index is 0.162. The number of nitrogens with zero attached hydrogens (tertiary/aromatic N) is 1. The first-order chi connectivity index (χ1) is 6.86. The standard InChI is InChI=1S/C10H18N2O2/c13-10(12-3-1-2-4-12)8-14-7-9-5-11-6-9/h9,11H,1-8H2. The van der Waals surface area contributed by atoms with Gasteiger partial charge in [-0.2, -0.15) is 0 Å². The van der Waals surface area contributed by atoms with Crippen LogP contribution in [0, 0.1) is 5.92 Å². The second-order valence-corrected chi connectivity index (χ2v) is 4.13. The molecule has 2 fully saturated rings. The molecule has 80 valence electrons. The summed E-state index contributed by atoms with van der Waals surface area (Å²) in [5.41, 5.74) is 0. The smallest absolute Gasteiger partial charge is 0.248 e. The highest BCUT2D eigenvalue weighted by molar-refractivity contribution is 5.77. The van der Waals surface area contributed by atoms with Gasteiger partial charge in [-0.15, -0.1) is 0 Å². The zero-order chi connectivity index (χ0) is 9.80. The summed E-state index contributed by atoms with van der Waals surface area (Å²) in [5.74, 6) is 0.788. The van der Waals surface area contributed by atoms with Gasteiger partial charge in [-0.3, -0.25) is 4.79 Å². The summed E-state index contributed by atoms with van der Waals surface area (Å²) in [4.78, 5) is 13.4. The first-order valence-electron chi connectivity index (χ1n) is 5.42. The van der Waals surface area contributed by atoms with Gasteiger partial charge in [0.2, 0.25) is 5.91 Å². The van der Waals surface area contributed by atoms with Gasteiger partial charge in [-0.1, -0.05) is 0 Å². The number of hydrogen-bond acceptors (Lipinski definition) is 3. The predicted octanol–water partition coefficient (Wildman–Crippen LogP) is -0.155. The van der Waals surface area contributed by atoms with E-state index in [1.54, 1.807) is 0 Å². The van der Waals surface area contributed by atoms with Crippen LogP contribution in [0.15, 0.2) is 0 Å². The number of rotatable bonds is 4. The van der Waals surface area contributed by atoms with Crippen molar-refractivity contribution in [3.63, 3.8) is 0 Å². The molecular weight excluding hydrogens is 180 g/mol. The average molecular weight is 198 g/mol. The summed E-state index contributed by atoms with van der Waals surface area (Å²) in [6, 6.07) is 0. The van der Waals surface area contributed by atoms with E-state index in [1.165, 1.54) is 0 Å². The molecule has 2 aliphatic rings. The molecule has 2 aliphatic heterocycles. The fraction of sp³-hybridized carbons (Fsp3) is 0.900. The molecule has 2 rings (SSSR count). The maximum Gasteiger partial charge on any atom is 0.248 e. The topological polar surface area (TPSA) is 41.6 Å². The molecule has 1 amide bonds. The van der Waals surface area contributed by atoms with Gasteiger partial charge in [0.25, 0.3) is 0 Å². The molecule has 0 aromatic heterocycles. The lowest BCUT2D eigenvalue weighted by Crippen LogP contribution is -2.45. The van der Waals surface area contributed by atoms with Crippen molar-refractivity contribution in [2.75, 3.05) is 39.4 Å². The van der Waals surface area contributed by atoms with E-state index in [1.807, 2.05) is 4.90 Å².